The van der Waals surface area contributed by atoms with E-state index in [2.05, 4.69) is 0 Å². The van der Waals surface area contributed by atoms with Crippen LogP contribution in [-0.2, 0) is 11.2 Å². The number of carbonyl (C=O) groups excluding carboxylic acids is 1. The molecule has 1 aromatic rings. The van der Waals surface area contributed by atoms with Crippen molar-refractivity contribution in [2.24, 2.45) is 0 Å². The molecule has 0 unspecified atom stereocenters. The van der Waals surface area contributed by atoms with Gasteiger partial charge >= 0.3 is 0 Å². The van der Waals surface area contributed by atoms with Gasteiger partial charge in [0.25, 0.3) is 0 Å². The van der Waals surface area contributed by atoms with E-state index in [9.17, 15) is 4.79 Å². The Kier molecular flexibility index (Phi) is 2.17. The van der Waals surface area contributed by atoms with Gasteiger partial charge in [0.2, 0.25) is 0 Å². The Hall–Kier alpha value is -1.51. The molecule has 1 aliphatic heterocycles. The summed E-state index contributed by atoms with van der Waals surface area (Å²) in [6, 6.07) is 5.57. The molecule has 0 N–H and O–H groups in total. The number of benzene rings is 1. The highest BCUT2D eigenvalue weighted by atomic mass is 16.6. The molecule has 3 heteroatoms. The van der Waals surface area contributed by atoms with Gasteiger partial charge in [0.1, 0.15) is 19.5 Å². The Morgan fingerprint density at radius 3 is 2.77 bits per heavy atom. The molecule has 0 saturated heterocycles. The minimum absolute atomic E-state index is 0.427. The van der Waals surface area contributed by atoms with E-state index in [1.54, 1.807) is 0 Å². The monoisotopic (exact) mass is 178 g/mol. The molecule has 0 aliphatic carbocycles. The number of rotatable bonds is 2. The molecule has 0 saturated carbocycles. The number of hydrogen-bond donors (Lipinski definition) is 0. The number of ether oxygens (including phenoxy) is 2. The zero-order valence-electron chi connectivity index (χ0n) is 7.16. The van der Waals surface area contributed by atoms with Crippen LogP contribution < -0.4 is 9.47 Å². The maximum atomic E-state index is 10.3. The van der Waals surface area contributed by atoms with Crippen molar-refractivity contribution in [3.05, 3.63) is 23.8 Å². The summed E-state index contributed by atoms with van der Waals surface area (Å²) >= 11 is 0. The maximum Gasteiger partial charge on any atom is 0.161 e. The second-order valence-corrected chi connectivity index (χ2v) is 2.85. The second kappa shape index (κ2) is 3.47. The van der Waals surface area contributed by atoms with Crippen molar-refractivity contribution in [3.63, 3.8) is 0 Å². The summed E-state index contributed by atoms with van der Waals surface area (Å²) in [5, 5.41) is 0. The lowest BCUT2D eigenvalue weighted by atomic mass is 10.1. The lowest BCUT2D eigenvalue weighted by Crippen LogP contribution is -2.15. The van der Waals surface area contributed by atoms with E-state index in [-0.39, 0.29) is 0 Å². The van der Waals surface area contributed by atoms with Crippen LogP contribution in [0.5, 0.6) is 11.5 Å². The Morgan fingerprint density at radius 2 is 2.00 bits per heavy atom. The van der Waals surface area contributed by atoms with Gasteiger partial charge in [-0.25, -0.2) is 0 Å². The van der Waals surface area contributed by atoms with Crippen LogP contribution in [-0.4, -0.2) is 19.5 Å². The molecule has 0 bridgehead atoms. The van der Waals surface area contributed by atoms with Gasteiger partial charge in [0.05, 0.1) is 0 Å². The molecule has 0 radical (unpaired) electrons. The van der Waals surface area contributed by atoms with E-state index in [0.717, 1.165) is 23.3 Å². The Morgan fingerprint density at radius 1 is 1.23 bits per heavy atom. The molecule has 1 aliphatic rings. The highest BCUT2D eigenvalue weighted by molar-refractivity contribution is 5.57. The third-order valence-corrected chi connectivity index (χ3v) is 1.93. The molecule has 0 aromatic heterocycles. The summed E-state index contributed by atoms with van der Waals surface area (Å²) in [6.45, 7) is 1.18. The van der Waals surface area contributed by atoms with Crippen LogP contribution in [0.3, 0.4) is 0 Å². The molecule has 68 valence electrons. The molecule has 3 nitrogen and oxygen atoms in total. The molecule has 0 fully saturated rings. The van der Waals surface area contributed by atoms with Gasteiger partial charge in [-0.3, -0.25) is 0 Å². The molecule has 2 rings (SSSR count). The third-order valence-electron chi connectivity index (χ3n) is 1.93. The Balaban J connectivity index is 2.29. The van der Waals surface area contributed by atoms with Crippen LogP contribution in [0.4, 0.5) is 0 Å². The fourth-order valence-electron chi connectivity index (χ4n) is 1.31. The largest absolute Gasteiger partial charge is 0.486 e. The smallest absolute Gasteiger partial charge is 0.161 e. The first kappa shape index (κ1) is 8.10. The zero-order valence-corrected chi connectivity index (χ0v) is 7.16. The Bertz CT molecular complexity index is 320. The molecular weight excluding hydrogens is 168 g/mol. The van der Waals surface area contributed by atoms with Gasteiger partial charge in [-0.15, -0.1) is 0 Å². The Labute approximate surface area is 76.3 Å². The predicted molar refractivity (Wildman–Crippen MR) is 47.2 cm³/mol. The zero-order chi connectivity index (χ0) is 9.10. The van der Waals surface area contributed by atoms with E-state index >= 15 is 0 Å². The summed E-state index contributed by atoms with van der Waals surface area (Å²) in [4.78, 5) is 10.3. The van der Waals surface area contributed by atoms with Gasteiger partial charge in [0.15, 0.2) is 11.5 Å². The third kappa shape index (κ3) is 1.64. The van der Waals surface area contributed by atoms with Crippen molar-refractivity contribution in [2.45, 2.75) is 6.42 Å². The summed E-state index contributed by atoms with van der Waals surface area (Å²) in [7, 11) is 0. The minimum atomic E-state index is 0.427. The van der Waals surface area contributed by atoms with Crippen LogP contribution in [0.1, 0.15) is 5.56 Å². The summed E-state index contributed by atoms with van der Waals surface area (Å²) < 4.78 is 10.7. The molecule has 1 heterocycles. The van der Waals surface area contributed by atoms with Crippen molar-refractivity contribution < 1.29 is 14.3 Å². The molecule has 1 aromatic carbocycles. The topological polar surface area (TPSA) is 35.5 Å². The standard InChI is InChI=1S/C10H10O3/c11-4-3-8-1-2-9-10(7-8)13-6-5-12-9/h1-2,4,7H,3,5-6H2. The van der Waals surface area contributed by atoms with Crippen molar-refractivity contribution in [3.8, 4) is 11.5 Å². The maximum absolute atomic E-state index is 10.3. The fourth-order valence-corrected chi connectivity index (χ4v) is 1.31. The first-order valence-corrected chi connectivity index (χ1v) is 4.22. The molecule has 0 atom stereocenters. The van der Waals surface area contributed by atoms with Crippen LogP contribution in [0.2, 0.25) is 0 Å². The van der Waals surface area contributed by atoms with Crippen LogP contribution in [0.15, 0.2) is 18.2 Å². The highest BCUT2D eigenvalue weighted by Gasteiger charge is 2.10. The van der Waals surface area contributed by atoms with Crippen LogP contribution >= 0.6 is 0 Å². The quantitative estimate of drug-likeness (QED) is 0.638. The molecule has 0 amide bonds. The van der Waals surface area contributed by atoms with Crippen molar-refractivity contribution in [1.29, 1.82) is 0 Å². The van der Waals surface area contributed by atoms with E-state index in [0.29, 0.717) is 19.6 Å². The van der Waals surface area contributed by atoms with Crippen molar-refractivity contribution >= 4 is 6.29 Å². The van der Waals surface area contributed by atoms with Gasteiger partial charge in [-0.05, 0) is 17.7 Å². The molecule has 13 heavy (non-hydrogen) atoms. The van der Waals surface area contributed by atoms with Crippen LogP contribution in [0, 0.1) is 0 Å². The lowest BCUT2D eigenvalue weighted by Gasteiger charge is -2.18. The highest BCUT2D eigenvalue weighted by Crippen LogP contribution is 2.30. The SMILES string of the molecule is O=CCc1ccc2c(c1)OCCO2. The van der Waals surface area contributed by atoms with Gasteiger partial charge in [-0.2, -0.15) is 0 Å². The first-order valence-electron chi connectivity index (χ1n) is 4.22. The average Bonchev–Trinajstić information content (AvgIpc) is 2.18. The van der Waals surface area contributed by atoms with E-state index in [4.69, 9.17) is 9.47 Å². The predicted octanol–water partition coefficient (Wildman–Crippen LogP) is 1.20. The summed E-state index contributed by atoms with van der Waals surface area (Å²) in [6.07, 6.45) is 1.31. The summed E-state index contributed by atoms with van der Waals surface area (Å²) in [5.41, 5.74) is 0.958. The number of carbonyl (C=O) groups is 1. The van der Waals surface area contributed by atoms with E-state index < -0.39 is 0 Å². The molecular formula is C10H10O3. The van der Waals surface area contributed by atoms with Gasteiger partial charge < -0.3 is 14.3 Å². The van der Waals surface area contributed by atoms with E-state index in [1.807, 2.05) is 18.2 Å². The number of aldehydes is 1. The fraction of sp³-hybridized carbons (Fsp3) is 0.300. The van der Waals surface area contributed by atoms with Crippen LogP contribution in [0.25, 0.3) is 0 Å². The van der Waals surface area contributed by atoms with Gasteiger partial charge in [-0.1, -0.05) is 6.07 Å². The lowest BCUT2D eigenvalue weighted by molar-refractivity contribution is -0.107. The normalized spacial score (nSPS) is 13.8. The summed E-state index contributed by atoms with van der Waals surface area (Å²) in [5.74, 6) is 1.51. The number of fused-ring (bicyclic) bond motifs is 1. The first-order chi connectivity index (χ1) is 6.40. The number of hydrogen-bond acceptors (Lipinski definition) is 3. The van der Waals surface area contributed by atoms with Gasteiger partial charge in [0, 0.05) is 6.42 Å². The van der Waals surface area contributed by atoms with Crippen molar-refractivity contribution in [1.82, 2.24) is 0 Å². The van der Waals surface area contributed by atoms with Crippen molar-refractivity contribution in [2.75, 3.05) is 13.2 Å². The minimum Gasteiger partial charge on any atom is -0.486 e. The van der Waals surface area contributed by atoms with E-state index in [1.165, 1.54) is 0 Å². The second-order valence-electron chi connectivity index (χ2n) is 2.85. The molecule has 0 spiro atoms. The average molecular weight is 178 g/mol.